The Hall–Kier alpha value is -1.60. The van der Waals surface area contributed by atoms with Crippen LogP contribution in [0.3, 0.4) is 0 Å². The molecule has 1 aliphatic heterocycles. The molecule has 2 rings (SSSR count). The smallest absolute Gasteiger partial charge is 0.259 e. The Morgan fingerprint density at radius 3 is 3.00 bits per heavy atom. The molecular formula is C11H10N2O3S2. The van der Waals surface area contributed by atoms with Gasteiger partial charge in [0.2, 0.25) is 0 Å². The molecule has 7 heteroatoms. The first-order valence-corrected chi connectivity index (χ1v) is 6.42. The topological polar surface area (TPSA) is 62.1 Å². The van der Waals surface area contributed by atoms with Gasteiger partial charge in [0, 0.05) is 5.56 Å². The Morgan fingerprint density at radius 2 is 2.39 bits per heavy atom. The third-order valence-corrected chi connectivity index (χ3v) is 3.63. The van der Waals surface area contributed by atoms with Gasteiger partial charge in [-0.05, 0) is 12.1 Å². The van der Waals surface area contributed by atoms with Crippen molar-refractivity contribution in [2.45, 2.75) is 0 Å². The van der Waals surface area contributed by atoms with Gasteiger partial charge in [-0.3, -0.25) is 4.79 Å². The average Bonchev–Trinajstić information content (AvgIpc) is 2.68. The molecule has 18 heavy (non-hydrogen) atoms. The van der Waals surface area contributed by atoms with E-state index in [2.05, 4.69) is 5.10 Å². The van der Waals surface area contributed by atoms with Crippen LogP contribution in [0.25, 0.3) is 0 Å². The van der Waals surface area contributed by atoms with Gasteiger partial charge in [0.05, 0.1) is 19.1 Å². The zero-order valence-electron chi connectivity index (χ0n) is 9.49. The molecule has 0 saturated carbocycles. The molecule has 1 amide bonds. The second-order valence-electron chi connectivity index (χ2n) is 3.40. The molecule has 1 aromatic rings. The number of nitrogens with zero attached hydrogens (tertiary/aromatic N) is 2. The molecule has 1 fully saturated rings. The molecule has 0 aromatic heterocycles. The number of rotatable bonds is 3. The van der Waals surface area contributed by atoms with Crippen LogP contribution in [0.4, 0.5) is 0 Å². The lowest BCUT2D eigenvalue weighted by atomic mass is 10.2. The van der Waals surface area contributed by atoms with Crippen LogP contribution < -0.4 is 4.74 Å². The van der Waals surface area contributed by atoms with Crippen molar-refractivity contribution in [3.63, 3.8) is 0 Å². The zero-order valence-corrected chi connectivity index (χ0v) is 11.1. The lowest BCUT2D eigenvalue weighted by Gasteiger charge is -2.08. The summed E-state index contributed by atoms with van der Waals surface area (Å²) < 4.78 is 5.39. The summed E-state index contributed by atoms with van der Waals surface area (Å²) in [5.41, 5.74) is 0.460. The third kappa shape index (κ3) is 2.46. The first-order chi connectivity index (χ1) is 8.63. The van der Waals surface area contributed by atoms with Gasteiger partial charge in [-0.2, -0.15) is 10.1 Å². The SMILES string of the molecule is COc1cccc(/C=N\N2C(=O)CSC2=S)c1O. The largest absolute Gasteiger partial charge is 0.504 e. The minimum absolute atomic E-state index is 0.0195. The standard InChI is InChI=1S/C11H10N2O3S2/c1-16-8-4-2-3-7(10(8)15)5-12-13-9(14)6-18-11(13)17/h2-5,15H,6H2,1H3/b12-5-. The van der Waals surface area contributed by atoms with Gasteiger partial charge in [0.1, 0.15) is 0 Å². The van der Waals surface area contributed by atoms with Gasteiger partial charge in [-0.25, -0.2) is 0 Å². The van der Waals surface area contributed by atoms with Gasteiger partial charge < -0.3 is 9.84 Å². The molecule has 0 unspecified atom stereocenters. The van der Waals surface area contributed by atoms with Crippen LogP contribution in [0.1, 0.15) is 5.56 Å². The van der Waals surface area contributed by atoms with E-state index in [1.54, 1.807) is 18.2 Å². The number of carbonyl (C=O) groups is 1. The van der Waals surface area contributed by atoms with Crippen molar-refractivity contribution in [2.75, 3.05) is 12.9 Å². The fourth-order valence-corrected chi connectivity index (χ4v) is 2.35. The number of hydrazone groups is 1. The molecule has 1 heterocycles. The first kappa shape index (κ1) is 12.8. The molecule has 0 bridgehead atoms. The summed E-state index contributed by atoms with van der Waals surface area (Å²) in [7, 11) is 1.46. The Kier molecular flexibility index (Phi) is 3.83. The number of aromatic hydroxyl groups is 1. The summed E-state index contributed by atoms with van der Waals surface area (Å²) in [5, 5.41) is 15.0. The van der Waals surface area contributed by atoms with Gasteiger partial charge in [0.25, 0.3) is 5.91 Å². The van der Waals surface area contributed by atoms with E-state index in [1.807, 2.05) is 0 Å². The van der Waals surface area contributed by atoms with E-state index < -0.39 is 0 Å². The van der Waals surface area contributed by atoms with E-state index in [-0.39, 0.29) is 11.7 Å². The number of ether oxygens (including phenoxy) is 1. The van der Waals surface area contributed by atoms with Gasteiger partial charge in [-0.15, -0.1) is 0 Å². The van der Waals surface area contributed by atoms with E-state index in [1.165, 1.54) is 25.1 Å². The van der Waals surface area contributed by atoms with E-state index >= 15 is 0 Å². The lowest BCUT2D eigenvalue weighted by Crippen LogP contribution is -2.22. The van der Waals surface area contributed by atoms with E-state index in [0.29, 0.717) is 21.4 Å². The molecule has 5 nitrogen and oxygen atoms in total. The summed E-state index contributed by atoms with van der Waals surface area (Å²) in [5.74, 6) is 0.474. The van der Waals surface area contributed by atoms with Crippen LogP contribution in [-0.4, -0.2) is 39.4 Å². The number of carbonyl (C=O) groups excluding carboxylic acids is 1. The van der Waals surface area contributed by atoms with Crippen LogP contribution in [0.2, 0.25) is 0 Å². The molecular weight excluding hydrogens is 272 g/mol. The minimum Gasteiger partial charge on any atom is -0.504 e. The summed E-state index contributed by atoms with van der Waals surface area (Å²) in [6.45, 7) is 0. The van der Waals surface area contributed by atoms with Crippen molar-refractivity contribution in [1.29, 1.82) is 0 Å². The fourth-order valence-electron chi connectivity index (χ4n) is 1.39. The van der Waals surface area contributed by atoms with Crippen LogP contribution in [0.5, 0.6) is 11.5 Å². The molecule has 94 valence electrons. The monoisotopic (exact) mass is 282 g/mol. The summed E-state index contributed by atoms with van der Waals surface area (Å²) in [4.78, 5) is 11.4. The maximum absolute atomic E-state index is 11.4. The molecule has 1 aliphatic rings. The molecule has 1 N–H and O–H groups in total. The predicted octanol–water partition coefficient (Wildman–Crippen LogP) is 1.59. The summed E-state index contributed by atoms with van der Waals surface area (Å²) >= 11 is 6.25. The Balaban J connectivity index is 2.24. The van der Waals surface area contributed by atoms with Crippen molar-refractivity contribution in [3.05, 3.63) is 23.8 Å². The predicted molar refractivity (Wildman–Crippen MR) is 74.2 cm³/mol. The number of benzene rings is 1. The molecule has 0 atom stereocenters. The molecule has 0 spiro atoms. The minimum atomic E-state index is -0.163. The van der Waals surface area contributed by atoms with Crippen LogP contribution >= 0.6 is 24.0 Å². The van der Waals surface area contributed by atoms with Gasteiger partial charge >= 0.3 is 0 Å². The highest BCUT2D eigenvalue weighted by atomic mass is 32.2. The highest BCUT2D eigenvalue weighted by Gasteiger charge is 2.26. The van der Waals surface area contributed by atoms with Crippen LogP contribution in [-0.2, 0) is 4.79 Å². The maximum Gasteiger partial charge on any atom is 0.259 e. The van der Waals surface area contributed by atoms with Crippen molar-refractivity contribution < 1.29 is 14.6 Å². The fraction of sp³-hybridized carbons (Fsp3) is 0.182. The van der Waals surface area contributed by atoms with Gasteiger partial charge in [0.15, 0.2) is 15.8 Å². The summed E-state index contributed by atoms with van der Waals surface area (Å²) in [6.07, 6.45) is 1.38. The third-order valence-electron chi connectivity index (χ3n) is 2.29. The van der Waals surface area contributed by atoms with Crippen LogP contribution in [0, 0.1) is 0 Å². The Labute approximate surface area is 113 Å². The highest BCUT2D eigenvalue weighted by Crippen LogP contribution is 2.28. The van der Waals surface area contributed by atoms with Gasteiger partial charge in [-0.1, -0.05) is 30.0 Å². The molecule has 1 aromatic carbocycles. The quantitative estimate of drug-likeness (QED) is 0.674. The Bertz CT molecular complexity index is 515. The number of hydrogen-bond donors (Lipinski definition) is 1. The lowest BCUT2D eigenvalue weighted by molar-refractivity contribution is -0.123. The normalized spacial score (nSPS) is 15.7. The molecule has 1 saturated heterocycles. The van der Waals surface area contributed by atoms with Crippen molar-refractivity contribution in [3.8, 4) is 11.5 Å². The number of hydrogen-bond acceptors (Lipinski definition) is 6. The van der Waals surface area contributed by atoms with Crippen molar-refractivity contribution in [1.82, 2.24) is 5.01 Å². The number of phenolic OH excluding ortho intramolecular Hbond substituents is 1. The Morgan fingerprint density at radius 1 is 1.61 bits per heavy atom. The first-order valence-electron chi connectivity index (χ1n) is 5.03. The molecule has 0 aliphatic carbocycles. The second-order valence-corrected chi connectivity index (χ2v) is 5.01. The summed E-state index contributed by atoms with van der Waals surface area (Å²) in [6, 6.07) is 5.02. The van der Waals surface area contributed by atoms with Crippen LogP contribution in [0.15, 0.2) is 23.3 Å². The number of para-hydroxylation sites is 1. The number of phenols is 1. The zero-order chi connectivity index (χ0) is 13.1. The van der Waals surface area contributed by atoms with E-state index in [9.17, 15) is 9.90 Å². The maximum atomic E-state index is 11.4. The number of thiocarbonyl (C=S) groups is 1. The highest BCUT2D eigenvalue weighted by molar-refractivity contribution is 8.23. The molecule has 0 radical (unpaired) electrons. The average molecular weight is 282 g/mol. The van der Waals surface area contributed by atoms with Crippen molar-refractivity contribution in [2.24, 2.45) is 5.10 Å². The van der Waals surface area contributed by atoms with E-state index in [4.69, 9.17) is 17.0 Å². The van der Waals surface area contributed by atoms with Crippen molar-refractivity contribution >= 4 is 40.4 Å². The number of amides is 1. The van der Waals surface area contributed by atoms with E-state index in [0.717, 1.165) is 5.01 Å². The number of thioether (sulfide) groups is 1. The second kappa shape index (κ2) is 5.36. The number of methoxy groups -OCH3 is 1.